The largest absolute Gasteiger partial charge is 0.497 e. The number of likely N-dealkylation sites (N-methyl/N-ethyl adjacent to an activating group) is 1. The van der Waals surface area contributed by atoms with E-state index in [2.05, 4.69) is 53.3 Å². The van der Waals surface area contributed by atoms with Gasteiger partial charge in [0, 0.05) is 23.1 Å². The van der Waals surface area contributed by atoms with Crippen molar-refractivity contribution in [2.45, 2.75) is 12.5 Å². The maximum absolute atomic E-state index is 5.28. The summed E-state index contributed by atoms with van der Waals surface area (Å²) < 4.78 is 5.28. The molecule has 0 bridgehead atoms. The lowest BCUT2D eigenvalue weighted by Gasteiger charge is -2.33. The molecule has 0 aliphatic carbocycles. The number of nitrogens with one attached hydrogen (secondary N) is 1. The van der Waals surface area contributed by atoms with Crippen molar-refractivity contribution in [3.8, 4) is 5.75 Å². The van der Waals surface area contributed by atoms with Crippen molar-refractivity contribution < 1.29 is 4.74 Å². The molecule has 0 fully saturated rings. The van der Waals surface area contributed by atoms with E-state index < -0.39 is 0 Å². The number of fused-ring (bicyclic) bond motifs is 3. The number of para-hydroxylation sites is 1. The molecule has 1 aliphatic heterocycles. The van der Waals surface area contributed by atoms with Gasteiger partial charge >= 0.3 is 0 Å². The van der Waals surface area contributed by atoms with Gasteiger partial charge in [-0.2, -0.15) is 0 Å². The number of hydrogen-bond acceptors (Lipinski definition) is 2. The van der Waals surface area contributed by atoms with Crippen LogP contribution in [0, 0.1) is 0 Å². The highest BCUT2D eigenvalue weighted by Crippen LogP contribution is 2.37. The molecule has 112 valence electrons. The van der Waals surface area contributed by atoms with Crippen LogP contribution in [0.3, 0.4) is 0 Å². The molecular formula is C19H20N2O. The molecule has 2 heterocycles. The highest BCUT2D eigenvalue weighted by Gasteiger charge is 2.29. The van der Waals surface area contributed by atoms with Crippen LogP contribution >= 0.6 is 0 Å². The number of nitrogens with zero attached hydrogens (tertiary/aromatic N) is 1. The van der Waals surface area contributed by atoms with Gasteiger partial charge in [0.15, 0.2) is 0 Å². The summed E-state index contributed by atoms with van der Waals surface area (Å²) in [7, 11) is 3.90. The Morgan fingerprint density at radius 1 is 1.09 bits per heavy atom. The zero-order valence-corrected chi connectivity index (χ0v) is 13.0. The second kappa shape index (κ2) is 5.18. The van der Waals surface area contributed by atoms with Gasteiger partial charge < -0.3 is 9.72 Å². The van der Waals surface area contributed by atoms with Crippen LogP contribution in [-0.2, 0) is 6.42 Å². The summed E-state index contributed by atoms with van der Waals surface area (Å²) in [6.45, 7) is 1.07. The summed E-state index contributed by atoms with van der Waals surface area (Å²) in [4.78, 5) is 6.07. The maximum atomic E-state index is 5.28. The van der Waals surface area contributed by atoms with Gasteiger partial charge in [-0.1, -0.05) is 30.3 Å². The van der Waals surface area contributed by atoms with Crippen molar-refractivity contribution in [1.29, 1.82) is 0 Å². The van der Waals surface area contributed by atoms with E-state index in [1.165, 1.54) is 27.7 Å². The first kappa shape index (κ1) is 13.4. The van der Waals surface area contributed by atoms with E-state index in [0.717, 1.165) is 18.7 Å². The number of methoxy groups -OCH3 is 1. The third kappa shape index (κ3) is 2.01. The Kier molecular flexibility index (Phi) is 3.16. The lowest BCUT2D eigenvalue weighted by molar-refractivity contribution is 0.261. The zero-order valence-electron chi connectivity index (χ0n) is 13.0. The number of aromatic amines is 1. The Balaban J connectivity index is 1.85. The molecule has 0 saturated heterocycles. The third-order valence-corrected chi connectivity index (χ3v) is 4.71. The van der Waals surface area contributed by atoms with Crippen LogP contribution in [0.2, 0.25) is 0 Å². The first-order valence-corrected chi connectivity index (χ1v) is 7.71. The second-order valence-electron chi connectivity index (χ2n) is 5.97. The van der Waals surface area contributed by atoms with Gasteiger partial charge in [-0.3, -0.25) is 4.90 Å². The van der Waals surface area contributed by atoms with Crippen LogP contribution < -0.4 is 4.74 Å². The minimum absolute atomic E-state index is 0.280. The van der Waals surface area contributed by atoms with E-state index in [0.29, 0.717) is 0 Å². The van der Waals surface area contributed by atoms with Crippen LogP contribution in [-0.4, -0.2) is 30.6 Å². The number of benzene rings is 2. The van der Waals surface area contributed by atoms with Crippen molar-refractivity contribution >= 4 is 10.9 Å². The highest BCUT2D eigenvalue weighted by molar-refractivity contribution is 5.85. The van der Waals surface area contributed by atoms with Gasteiger partial charge in [0.1, 0.15) is 5.75 Å². The quantitative estimate of drug-likeness (QED) is 0.779. The van der Waals surface area contributed by atoms with Gasteiger partial charge in [-0.15, -0.1) is 0 Å². The minimum atomic E-state index is 0.280. The summed E-state index contributed by atoms with van der Waals surface area (Å²) >= 11 is 0. The molecular weight excluding hydrogens is 272 g/mol. The van der Waals surface area contributed by atoms with Crippen molar-refractivity contribution in [3.05, 3.63) is 65.4 Å². The fourth-order valence-electron chi connectivity index (χ4n) is 3.57. The van der Waals surface area contributed by atoms with Crippen LogP contribution in [0.1, 0.15) is 22.9 Å². The molecule has 1 atom stereocenters. The normalized spacial score (nSPS) is 18.4. The summed E-state index contributed by atoms with van der Waals surface area (Å²) in [6, 6.07) is 17.3. The first-order chi connectivity index (χ1) is 10.8. The monoisotopic (exact) mass is 292 g/mol. The predicted octanol–water partition coefficient (Wildman–Crippen LogP) is 3.75. The number of hydrogen-bond donors (Lipinski definition) is 1. The van der Waals surface area contributed by atoms with E-state index in [-0.39, 0.29) is 6.04 Å². The maximum Gasteiger partial charge on any atom is 0.118 e. The van der Waals surface area contributed by atoms with Crippen LogP contribution in [0.5, 0.6) is 5.75 Å². The minimum Gasteiger partial charge on any atom is -0.497 e. The summed E-state index contributed by atoms with van der Waals surface area (Å²) in [5.74, 6) is 0.902. The molecule has 22 heavy (non-hydrogen) atoms. The SMILES string of the molecule is COc1ccc(C2c3[nH]c4ccccc4c3CCN2C)cc1. The standard InChI is InChI=1S/C19H20N2O/c1-21-12-11-16-15-5-3-4-6-17(15)20-18(16)19(21)13-7-9-14(22-2)10-8-13/h3-10,19-20H,11-12H2,1-2H3. The Bertz CT molecular complexity index is 804. The fourth-order valence-corrected chi connectivity index (χ4v) is 3.57. The van der Waals surface area contributed by atoms with Crippen molar-refractivity contribution in [2.24, 2.45) is 0 Å². The molecule has 3 nitrogen and oxygen atoms in total. The summed E-state index contributed by atoms with van der Waals surface area (Å²) in [5, 5.41) is 1.36. The lowest BCUT2D eigenvalue weighted by atomic mass is 9.93. The smallest absolute Gasteiger partial charge is 0.118 e. The van der Waals surface area contributed by atoms with E-state index in [4.69, 9.17) is 4.74 Å². The van der Waals surface area contributed by atoms with E-state index in [1.807, 2.05) is 12.1 Å². The number of rotatable bonds is 2. The van der Waals surface area contributed by atoms with Gasteiger partial charge in [-0.25, -0.2) is 0 Å². The average Bonchev–Trinajstić information content (AvgIpc) is 2.93. The lowest BCUT2D eigenvalue weighted by Crippen LogP contribution is -2.32. The van der Waals surface area contributed by atoms with E-state index in [9.17, 15) is 0 Å². The van der Waals surface area contributed by atoms with Gasteiger partial charge in [0.25, 0.3) is 0 Å². The average molecular weight is 292 g/mol. The molecule has 1 unspecified atom stereocenters. The Hall–Kier alpha value is -2.26. The van der Waals surface area contributed by atoms with Crippen molar-refractivity contribution in [2.75, 3.05) is 20.7 Å². The second-order valence-corrected chi connectivity index (χ2v) is 5.97. The molecule has 0 amide bonds. The van der Waals surface area contributed by atoms with Crippen molar-refractivity contribution in [3.63, 3.8) is 0 Å². The van der Waals surface area contributed by atoms with Gasteiger partial charge in [0.2, 0.25) is 0 Å². The zero-order chi connectivity index (χ0) is 15.1. The molecule has 0 radical (unpaired) electrons. The summed E-state index contributed by atoms with van der Waals surface area (Å²) in [6.07, 6.45) is 1.10. The molecule has 1 aliphatic rings. The number of ether oxygens (including phenoxy) is 1. The Labute approximate surface area is 130 Å². The van der Waals surface area contributed by atoms with Crippen LogP contribution in [0.15, 0.2) is 48.5 Å². The summed E-state index contributed by atoms with van der Waals surface area (Å²) in [5.41, 5.74) is 5.34. The van der Waals surface area contributed by atoms with E-state index >= 15 is 0 Å². The first-order valence-electron chi connectivity index (χ1n) is 7.71. The van der Waals surface area contributed by atoms with Gasteiger partial charge in [0.05, 0.1) is 13.2 Å². The molecule has 3 aromatic rings. The van der Waals surface area contributed by atoms with E-state index in [1.54, 1.807) is 7.11 Å². The fraction of sp³-hybridized carbons (Fsp3) is 0.263. The van der Waals surface area contributed by atoms with Crippen molar-refractivity contribution in [1.82, 2.24) is 9.88 Å². The predicted molar refractivity (Wildman–Crippen MR) is 89.5 cm³/mol. The molecule has 2 aromatic carbocycles. The number of aromatic nitrogens is 1. The van der Waals surface area contributed by atoms with Gasteiger partial charge in [-0.05, 0) is 42.8 Å². The number of H-pyrrole nitrogens is 1. The molecule has 1 N–H and O–H groups in total. The molecule has 0 saturated carbocycles. The molecule has 3 heteroatoms. The van der Waals surface area contributed by atoms with Crippen LogP contribution in [0.25, 0.3) is 10.9 Å². The third-order valence-electron chi connectivity index (χ3n) is 4.71. The molecule has 4 rings (SSSR count). The van der Waals surface area contributed by atoms with Crippen LogP contribution in [0.4, 0.5) is 0 Å². The Morgan fingerprint density at radius 2 is 1.86 bits per heavy atom. The Morgan fingerprint density at radius 3 is 2.64 bits per heavy atom. The molecule has 0 spiro atoms. The molecule has 1 aromatic heterocycles. The topological polar surface area (TPSA) is 28.3 Å². The highest BCUT2D eigenvalue weighted by atomic mass is 16.5.